The van der Waals surface area contributed by atoms with Crippen LogP contribution in [0.2, 0.25) is 0 Å². The molecule has 1 amide bonds. The Morgan fingerprint density at radius 2 is 1.72 bits per heavy atom. The van der Waals surface area contributed by atoms with Gasteiger partial charge in [0.2, 0.25) is 0 Å². The number of amides is 1. The van der Waals surface area contributed by atoms with E-state index in [0.29, 0.717) is 17.2 Å². The summed E-state index contributed by atoms with van der Waals surface area (Å²) < 4.78 is 39.4. The Morgan fingerprint density at radius 1 is 1.03 bits per heavy atom. The van der Waals surface area contributed by atoms with Crippen molar-refractivity contribution in [2.75, 3.05) is 24.0 Å². The molecule has 1 aliphatic heterocycles. The van der Waals surface area contributed by atoms with Gasteiger partial charge in [-0.1, -0.05) is 48.0 Å². The van der Waals surface area contributed by atoms with Crippen molar-refractivity contribution in [3.8, 4) is 11.5 Å². The second-order valence-corrected chi connectivity index (χ2v) is 9.24. The third kappa shape index (κ3) is 4.70. The van der Waals surface area contributed by atoms with Crippen LogP contribution in [0.25, 0.3) is 0 Å². The number of ether oxygens (including phenoxy) is 2. The molecule has 8 heteroatoms. The average molecular weight is 453 g/mol. The van der Waals surface area contributed by atoms with Crippen LogP contribution in [0.1, 0.15) is 5.56 Å². The van der Waals surface area contributed by atoms with E-state index in [9.17, 15) is 13.2 Å². The lowest BCUT2D eigenvalue weighted by atomic mass is 10.2. The fourth-order valence-electron chi connectivity index (χ4n) is 3.38. The number of hydrogen-bond donors (Lipinski definition) is 1. The summed E-state index contributed by atoms with van der Waals surface area (Å²) in [4.78, 5) is 12.9. The SMILES string of the molecule is Cc1ccc(S(=O)(=O)N2CC(C(=O)NCCOc3ccccc3)Oc3ccccc32)cc1. The van der Waals surface area contributed by atoms with E-state index < -0.39 is 22.0 Å². The van der Waals surface area contributed by atoms with Crippen LogP contribution in [-0.2, 0) is 14.8 Å². The van der Waals surface area contributed by atoms with Crippen molar-refractivity contribution >= 4 is 21.6 Å². The standard InChI is InChI=1S/C24H24N2O5S/c1-18-11-13-20(14-12-18)32(28,29)26-17-23(31-22-10-6-5-9-21(22)26)24(27)25-15-16-30-19-7-3-2-4-8-19/h2-14,23H,15-17H2,1H3,(H,25,27). The summed E-state index contributed by atoms with van der Waals surface area (Å²) >= 11 is 0. The fraction of sp³-hybridized carbons (Fsp3) is 0.208. The van der Waals surface area contributed by atoms with E-state index in [1.165, 1.54) is 4.31 Å². The van der Waals surface area contributed by atoms with Crippen LogP contribution in [-0.4, -0.2) is 40.1 Å². The maximum absolute atomic E-state index is 13.4. The fourth-order valence-corrected chi connectivity index (χ4v) is 4.85. The van der Waals surface area contributed by atoms with Crippen LogP contribution >= 0.6 is 0 Å². The summed E-state index contributed by atoms with van der Waals surface area (Å²) in [5, 5.41) is 2.76. The van der Waals surface area contributed by atoms with Crippen LogP contribution in [0.4, 0.5) is 5.69 Å². The smallest absolute Gasteiger partial charge is 0.264 e. The Morgan fingerprint density at radius 3 is 2.47 bits per heavy atom. The van der Waals surface area contributed by atoms with Gasteiger partial charge in [0.15, 0.2) is 6.10 Å². The lowest BCUT2D eigenvalue weighted by Gasteiger charge is -2.34. The summed E-state index contributed by atoms with van der Waals surface area (Å²) in [5.74, 6) is 0.648. The van der Waals surface area contributed by atoms with E-state index in [1.54, 1.807) is 48.5 Å². The van der Waals surface area contributed by atoms with E-state index in [4.69, 9.17) is 9.47 Å². The number of aryl methyl sites for hydroxylation is 1. The lowest BCUT2D eigenvalue weighted by Crippen LogP contribution is -2.51. The molecule has 1 N–H and O–H groups in total. The lowest BCUT2D eigenvalue weighted by molar-refractivity contribution is -0.127. The van der Waals surface area contributed by atoms with Crippen molar-refractivity contribution in [1.29, 1.82) is 0 Å². The molecule has 0 fully saturated rings. The first-order valence-electron chi connectivity index (χ1n) is 10.3. The van der Waals surface area contributed by atoms with Crippen molar-refractivity contribution in [1.82, 2.24) is 5.32 Å². The van der Waals surface area contributed by atoms with E-state index in [1.807, 2.05) is 37.3 Å². The van der Waals surface area contributed by atoms with Crippen molar-refractivity contribution in [2.24, 2.45) is 0 Å². The first-order valence-corrected chi connectivity index (χ1v) is 11.7. The van der Waals surface area contributed by atoms with E-state index in [2.05, 4.69) is 5.32 Å². The van der Waals surface area contributed by atoms with Gasteiger partial charge >= 0.3 is 0 Å². The first kappa shape index (κ1) is 21.7. The number of rotatable bonds is 7. The molecule has 3 aromatic carbocycles. The van der Waals surface area contributed by atoms with Gasteiger partial charge in [0.25, 0.3) is 15.9 Å². The quantitative estimate of drug-likeness (QED) is 0.557. The van der Waals surface area contributed by atoms with Crippen molar-refractivity contribution in [2.45, 2.75) is 17.9 Å². The number of anilines is 1. The molecule has 32 heavy (non-hydrogen) atoms. The van der Waals surface area contributed by atoms with Gasteiger partial charge in [-0.15, -0.1) is 0 Å². The molecule has 0 radical (unpaired) electrons. The van der Waals surface area contributed by atoms with Gasteiger partial charge in [-0.2, -0.15) is 0 Å². The summed E-state index contributed by atoms with van der Waals surface area (Å²) in [5.41, 5.74) is 1.37. The number of hydrogen-bond acceptors (Lipinski definition) is 5. The molecule has 1 atom stereocenters. The molecule has 3 aromatic rings. The highest BCUT2D eigenvalue weighted by molar-refractivity contribution is 7.92. The molecular weight excluding hydrogens is 428 g/mol. The van der Waals surface area contributed by atoms with Gasteiger partial charge in [-0.25, -0.2) is 8.42 Å². The predicted octanol–water partition coefficient (Wildman–Crippen LogP) is 3.15. The number of sulfonamides is 1. The van der Waals surface area contributed by atoms with Gasteiger partial charge in [0.05, 0.1) is 23.7 Å². The van der Waals surface area contributed by atoms with Crippen LogP contribution in [0.3, 0.4) is 0 Å². The second-order valence-electron chi connectivity index (χ2n) is 7.38. The van der Waals surface area contributed by atoms with E-state index in [0.717, 1.165) is 5.56 Å². The molecule has 1 heterocycles. The zero-order valence-electron chi connectivity index (χ0n) is 17.6. The van der Waals surface area contributed by atoms with Crippen LogP contribution in [0, 0.1) is 6.92 Å². The average Bonchev–Trinajstić information content (AvgIpc) is 2.82. The van der Waals surface area contributed by atoms with Crippen LogP contribution < -0.4 is 19.1 Å². The summed E-state index contributed by atoms with van der Waals surface area (Å²) in [6.45, 7) is 2.31. The molecular formula is C24H24N2O5S. The first-order chi connectivity index (χ1) is 15.4. The zero-order chi connectivity index (χ0) is 22.6. The second kappa shape index (κ2) is 9.32. The van der Waals surface area contributed by atoms with Crippen molar-refractivity contribution < 1.29 is 22.7 Å². The minimum atomic E-state index is -3.87. The number of nitrogens with one attached hydrogen (secondary N) is 1. The molecule has 7 nitrogen and oxygen atoms in total. The molecule has 0 saturated carbocycles. The summed E-state index contributed by atoms with van der Waals surface area (Å²) in [6, 6.07) is 22.7. The largest absolute Gasteiger partial charge is 0.492 e. The maximum atomic E-state index is 13.4. The monoisotopic (exact) mass is 452 g/mol. The third-order valence-corrected chi connectivity index (χ3v) is 6.84. The van der Waals surface area contributed by atoms with Gasteiger partial charge < -0.3 is 14.8 Å². The maximum Gasteiger partial charge on any atom is 0.264 e. The topological polar surface area (TPSA) is 84.9 Å². The number of carbonyl (C=O) groups excluding carboxylic acids is 1. The third-order valence-electron chi connectivity index (χ3n) is 5.05. The molecule has 4 rings (SSSR count). The van der Waals surface area contributed by atoms with Crippen LogP contribution in [0.5, 0.6) is 11.5 Å². The highest BCUT2D eigenvalue weighted by atomic mass is 32.2. The highest BCUT2D eigenvalue weighted by Crippen LogP contribution is 2.36. The van der Waals surface area contributed by atoms with Crippen LogP contribution in [0.15, 0.2) is 83.8 Å². The van der Waals surface area contributed by atoms with Gasteiger partial charge in [0, 0.05) is 0 Å². The molecule has 0 saturated heterocycles. The number of nitrogens with zero attached hydrogens (tertiary/aromatic N) is 1. The molecule has 1 unspecified atom stereocenters. The Kier molecular flexibility index (Phi) is 6.32. The van der Waals surface area contributed by atoms with Gasteiger partial charge in [0.1, 0.15) is 18.1 Å². The molecule has 0 bridgehead atoms. The minimum absolute atomic E-state index is 0.126. The van der Waals surface area contributed by atoms with Gasteiger partial charge in [-0.3, -0.25) is 9.10 Å². The Bertz CT molecular complexity index is 1180. The molecule has 0 aromatic heterocycles. The summed E-state index contributed by atoms with van der Waals surface area (Å²) in [6.07, 6.45) is -0.984. The minimum Gasteiger partial charge on any atom is -0.492 e. The normalized spacial score (nSPS) is 15.4. The number of carbonyl (C=O) groups is 1. The molecule has 0 aliphatic carbocycles. The molecule has 0 spiro atoms. The van der Waals surface area contributed by atoms with E-state index >= 15 is 0 Å². The Hall–Kier alpha value is -3.52. The van der Waals surface area contributed by atoms with Gasteiger partial charge in [-0.05, 0) is 43.3 Å². The molecule has 1 aliphatic rings. The van der Waals surface area contributed by atoms with E-state index in [-0.39, 0.29) is 24.6 Å². The predicted molar refractivity (Wildman–Crippen MR) is 122 cm³/mol. The Labute approximate surface area is 187 Å². The van der Waals surface area contributed by atoms with Crippen molar-refractivity contribution in [3.05, 3.63) is 84.4 Å². The highest BCUT2D eigenvalue weighted by Gasteiger charge is 2.37. The number of para-hydroxylation sites is 3. The number of fused-ring (bicyclic) bond motifs is 1. The number of benzene rings is 3. The summed E-state index contributed by atoms with van der Waals surface area (Å²) in [7, 11) is -3.87. The zero-order valence-corrected chi connectivity index (χ0v) is 18.4. The van der Waals surface area contributed by atoms with Crippen molar-refractivity contribution in [3.63, 3.8) is 0 Å². The molecule has 166 valence electrons. The Balaban J connectivity index is 1.48.